The quantitative estimate of drug-likeness (QED) is 0.711. The highest BCUT2D eigenvalue weighted by Crippen LogP contribution is 2.41. The predicted octanol–water partition coefficient (Wildman–Crippen LogP) is 2.65. The van der Waals surface area contributed by atoms with Crippen molar-refractivity contribution in [1.29, 1.82) is 0 Å². The van der Waals surface area contributed by atoms with E-state index in [4.69, 9.17) is 5.73 Å². The van der Waals surface area contributed by atoms with Gasteiger partial charge in [-0.25, -0.2) is 18.2 Å². The van der Waals surface area contributed by atoms with Gasteiger partial charge in [-0.05, 0) is 35.9 Å². The number of aliphatic imine (C=N–C) groups is 1. The van der Waals surface area contributed by atoms with E-state index in [-0.39, 0.29) is 33.9 Å². The molecule has 1 amide bonds. The molecule has 0 saturated heterocycles. The van der Waals surface area contributed by atoms with Gasteiger partial charge < -0.3 is 5.73 Å². The van der Waals surface area contributed by atoms with Gasteiger partial charge in [0.25, 0.3) is 12.3 Å². The van der Waals surface area contributed by atoms with Gasteiger partial charge in [-0.2, -0.15) is 10.2 Å². The van der Waals surface area contributed by atoms with Crippen molar-refractivity contribution in [3.8, 4) is 11.3 Å². The van der Waals surface area contributed by atoms with Crippen LogP contribution in [0.25, 0.3) is 11.3 Å². The number of alkyl halides is 2. The summed E-state index contributed by atoms with van der Waals surface area (Å²) in [5.74, 6) is -1.28. The summed E-state index contributed by atoms with van der Waals surface area (Å²) in [4.78, 5) is 22.5. The number of aromatic nitrogens is 3. The summed E-state index contributed by atoms with van der Waals surface area (Å²) >= 11 is 0. The zero-order chi connectivity index (χ0) is 21.5. The molecule has 0 bridgehead atoms. The highest BCUT2D eigenvalue weighted by atomic mass is 19.3. The fourth-order valence-electron chi connectivity index (χ4n) is 3.35. The number of hydrogen-bond donors (Lipinski definition) is 1. The lowest BCUT2D eigenvalue weighted by Crippen LogP contribution is -2.41. The molecule has 10 heteroatoms. The van der Waals surface area contributed by atoms with Crippen LogP contribution >= 0.6 is 0 Å². The number of nitrogens with zero attached hydrogens (tertiary/aromatic N) is 5. The number of benzene rings is 1. The minimum Gasteiger partial charge on any atom is -0.369 e. The van der Waals surface area contributed by atoms with Gasteiger partial charge >= 0.3 is 0 Å². The zero-order valence-corrected chi connectivity index (χ0v) is 15.6. The molecular weight excluding hydrogens is 397 g/mol. The molecule has 30 heavy (non-hydrogen) atoms. The molecule has 3 aromatic rings. The Bertz CT molecular complexity index is 1150. The molecule has 2 N–H and O–H groups in total. The number of amides is 1. The molecule has 4 rings (SSSR count). The van der Waals surface area contributed by atoms with E-state index in [0.717, 1.165) is 23.2 Å². The van der Waals surface area contributed by atoms with Crippen molar-refractivity contribution < 1.29 is 18.0 Å². The third-order valence-electron chi connectivity index (χ3n) is 4.90. The first-order valence-corrected chi connectivity index (χ1v) is 8.79. The third-order valence-corrected chi connectivity index (χ3v) is 4.90. The van der Waals surface area contributed by atoms with E-state index >= 15 is 0 Å². The van der Waals surface area contributed by atoms with E-state index in [1.165, 1.54) is 31.6 Å². The Hall–Kier alpha value is -3.82. The van der Waals surface area contributed by atoms with Gasteiger partial charge in [-0.1, -0.05) is 6.07 Å². The van der Waals surface area contributed by atoms with Crippen LogP contribution in [0.3, 0.4) is 0 Å². The van der Waals surface area contributed by atoms with Crippen molar-refractivity contribution in [2.75, 3.05) is 7.05 Å². The summed E-state index contributed by atoms with van der Waals surface area (Å²) in [6.45, 7) is 0. The lowest BCUT2D eigenvalue weighted by atomic mass is 9.82. The number of carbonyl (C=O) groups excluding carboxylic acids is 1. The molecule has 0 spiro atoms. The average Bonchev–Trinajstić information content (AvgIpc) is 2.99. The summed E-state index contributed by atoms with van der Waals surface area (Å²) in [6, 6.07) is 8.20. The molecule has 3 heterocycles. The van der Waals surface area contributed by atoms with E-state index in [0.29, 0.717) is 0 Å². The van der Waals surface area contributed by atoms with Crippen molar-refractivity contribution in [2.24, 2.45) is 10.7 Å². The Morgan fingerprint density at radius 1 is 1.13 bits per heavy atom. The average molecular weight is 412 g/mol. The van der Waals surface area contributed by atoms with Crippen molar-refractivity contribution >= 4 is 11.9 Å². The van der Waals surface area contributed by atoms with Gasteiger partial charge in [0.05, 0.1) is 5.69 Å². The standard InChI is InChI=1S/C20H15F3N6O/c1-29-18(30)20(27-19(29)24,13-7-11(17(22)23)9-25-10-13)12-4-5-15(21)14(8-12)16-3-2-6-26-28-16/h2-10,17H,1H3,(H2,24,27). The maximum absolute atomic E-state index is 14.6. The molecule has 1 aliphatic heterocycles. The molecule has 0 radical (unpaired) electrons. The third kappa shape index (κ3) is 2.97. The van der Waals surface area contributed by atoms with Gasteiger partial charge in [0, 0.05) is 42.3 Å². The summed E-state index contributed by atoms with van der Waals surface area (Å²) in [6.07, 6.45) is 0.918. The molecule has 7 nitrogen and oxygen atoms in total. The number of rotatable bonds is 4. The predicted molar refractivity (Wildman–Crippen MR) is 102 cm³/mol. The first kappa shape index (κ1) is 19.5. The van der Waals surface area contributed by atoms with E-state index in [9.17, 15) is 18.0 Å². The molecule has 1 aliphatic rings. The van der Waals surface area contributed by atoms with Crippen molar-refractivity contribution in [3.63, 3.8) is 0 Å². The molecule has 2 aromatic heterocycles. The molecule has 1 unspecified atom stereocenters. The molecule has 1 aromatic carbocycles. The smallest absolute Gasteiger partial charge is 0.266 e. The Labute approximate surface area is 169 Å². The molecule has 1 atom stereocenters. The van der Waals surface area contributed by atoms with Crippen LogP contribution in [0.15, 0.2) is 60.0 Å². The van der Waals surface area contributed by atoms with Gasteiger partial charge in [0.15, 0.2) is 11.5 Å². The van der Waals surface area contributed by atoms with Gasteiger partial charge in [-0.3, -0.25) is 14.7 Å². The summed E-state index contributed by atoms with van der Waals surface area (Å²) in [5, 5.41) is 7.64. The monoisotopic (exact) mass is 412 g/mol. The maximum atomic E-state index is 14.6. The van der Waals surface area contributed by atoms with Crippen LogP contribution in [0.1, 0.15) is 23.1 Å². The minimum absolute atomic E-state index is 0.0778. The Kier molecular flexibility index (Phi) is 4.69. The van der Waals surface area contributed by atoms with Crippen molar-refractivity contribution in [1.82, 2.24) is 20.1 Å². The van der Waals surface area contributed by atoms with Crippen LogP contribution in [-0.2, 0) is 10.3 Å². The normalized spacial score (nSPS) is 18.8. The number of nitrogens with two attached hydrogens (primary N) is 1. The minimum atomic E-state index is -2.80. The van der Waals surface area contributed by atoms with Gasteiger partial charge in [0.2, 0.25) is 0 Å². The first-order valence-electron chi connectivity index (χ1n) is 8.79. The number of carbonyl (C=O) groups is 1. The summed E-state index contributed by atoms with van der Waals surface area (Å²) < 4.78 is 41.1. The van der Waals surface area contributed by atoms with E-state index in [2.05, 4.69) is 20.2 Å². The molecule has 152 valence electrons. The van der Waals surface area contributed by atoms with E-state index < -0.39 is 23.7 Å². The summed E-state index contributed by atoms with van der Waals surface area (Å²) in [7, 11) is 1.42. The largest absolute Gasteiger partial charge is 0.369 e. The summed E-state index contributed by atoms with van der Waals surface area (Å²) in [5.41, 5.74) is 4.36. The number of halogens is 3. The number of likely N-dealkylation sites (N-methyl/N-ethyl adjacent to an activating group) is 1. The van der Waals surface area contributed by atoms with Crippen molar-refractivity contribution in [2.45, 2.75) is 12.0 Å². The number of guanidine groups is 1. The van der Waals surface area contributed by atoms with Crippen LogP contribution in [0.2, 0.25) is 0 Å². The van der Waals surface area contributed by atoms with Crippen LogP contribution in [0, 0.1) is 5.82 Å². The molecule has 0 aliphatic carbocycles. The number of hydrogen-bond acceptors (Lipinski definition) is 6. The lowest BCUT2D eigenvalue weighted by Gasteiger charge is -2.26. The second kappa shape index (κ2) is 7.21. The van der Waals surface area contributed by atoms with Gasteiger partial charge in [0.1, 0.15) is 5.82 Å². The highest BCUT2D eigenvalue weighted by molar-refractivity contribution is 6.09. The van der Waals surface area contributed by atoms with E-state index in [1.54, 1.807) is 12.1 Å². The van der Waals surface area contributed by atoms with Crippen molar-refractivity contribution in [3.05, 3.63) is 77.5 Å². The van der Waals surface area contributed by atoms with Crippen LogP contribution < -0.4 is 5.73 Å². The Morgan fingerprint density at radius 2 is 1.93 bits per heavy atom. The maximum Gasteiger partial charge on any atom is 0.266 e. The SMILES string of the molecule is CN1C(=O)C(c2cncc(C(F)F)c2)(c2ccc(F)c(-c3cccnn3)c2)N=C1N. The molecule has 0 fully saturated rings. The lowest BCUT2D eigenvalue weighted by molar-refractivity contribution is -0.129. The highest BCUT2D eigenvalue weighted by Gasteiger charge is 2.50. The van der Waals surface area contributed by atoms with Crippen LogP contribution in [-0.4, -0.2) is 39.0 Å². The Balaban J connectivity index is 1.98. The fourth-order valence-corrected chi connectivity index (χ4v) is 3.35. The first-order chi connectivity index (χ1) is 14.3. The number of pyridine rings is 1. The molecule has 0 saturated carbocycles. The second-order valence-corrected chi connectivity index (χ2v) is 6.66. The van der Waals surface area contributed by atoms with Crippen LogP contribution in [0.4, 0.5) is 13.2 Å². The molecular formula is C20H15F3N6O. The second-order valence-electron chi connectivity index (χ2n) is 6.66. The zero-order valence-electron chi connectivity index (χ0n) is 15.6. The van der Waals surface area contributed by atoms with Crippen LogP contribution in [0.5, 0.6) is 0 Å². The van der Waals surface area contributed by atoms with Gasteiger partial charge in [-0.15, -0.1) is 0 Å². The Morgan fingerprint density at radius 3 is 2.57 bits per heavy atom. The topological polar surface area (TPSA) is 97.4 Å². The fraction of sp³-hybridized carbons (Fsp3) is 0.150. The van der Waals surface area contributed by atoms with E-state index in [1.807, 2.05) is 0 Å².